The normalized spacial score (nSPS) is 10.3. The van der Waals surface area contributed by atoms with Crippen molar-refractivity contribution in [2.24, 2.45) is 0 Å². The Labute approximate surface area is 125 Å². The highest BCUT2D eigenvalue weighted by atomic mass is 35.5. The van der Waals surface area contributed by atoms with Crippen LogP contribution in [0.5, 0.6) is 0 Å². The maximum Gasteiger partial charge on any atom is 0.257 e. The van der Waals surface area contributed by atoms with E-state index in [1.165, 1.54) is 6.07 Å². The summed E-state index contributed by atoms with van der Waals surface area (Å²) >= 11 is 17.8. The SMILES string of the molecule is Nc1ccc(Cl)c(C(=O)Nc2cc(Cl)ccc2Cl)c1. The van der Waals surface area contributed by atoms with E-state index in [1.807, 2.05) is 0 Å². The molecule has 0 fully saturated rings. The number of nitrogen functional groups attached to an aromatic ring is 1. The minimum absolute atomic E-state index is 0.276. The lowest BCUT2D eigenvalue weighted by molar-refractivity contribution is 0.102. The van der Waals surface area contributed by atoms with E-state index in [9.17, 15) is 4.79 Å². The summed E-state index contributed by atoms with van der Waals surface area (Å²) in [5, 5.41) is 3.81. The van der Waals surface area contributed by atoms with Gasteiger partial charge in [-0.1, -0.05) is 34.8 Å². The molecule has 0 radical (unpaired) electrons. The molecule has 0 bridgehead atoms. The lowest BCUT2D eigenvalue weighted by Gasteiger charge is -2.09. The monoisotopic (exact) mass is 314 g/mol. The molecule has 3 nitrogen and oxygen atoms in total. The van der Waals surface area contributed by atoms with E-state index in [0.717, 1.165) is 0 Å². The number of benzene rings is 2. The Kier molecular flexibility index (Phi) is 4.20. The van der Waals surface area contributed by atoms with Crippen LogP contribution in [0.2, 0.25) is 15.1 Å². The van der Waals surface area contributed by atoms with E-state index >= 15 is 0 Å². The standard InChI is InChI=1S/C13H9Cl3N2O/c14-7-1-3-11(16)12(5-7)18-13(19)9-6-8(17)2-4-10(9)15/h1-6H,17H2,(H,18,19). The Bertz CT molecular complexity index is 644. The van der Waals surface area contributed by atoms with E-state index in [4.69, 9.17) is 40.5 Å². The molecule has 1 amide bonds. The molecule has 0 saturated carbocycles. The van der Waals surface area contributed by atoms with Crippen molar-refractivity contribution < 1.29 is 4.79 Å². The molecule has 0 aliphatic heterocycles. The van der Waals surface area contributed by atoms with Crippen molar-refractivity contribution in [1.82, 2.24) is 0 Å². The number of carbonyl (C=O) groups is 1. The minimum Gasteiger partial charge on any atom is -0.399 e. The molecule has 0 aromatic heterocycles. The molecule has 0 aliphatic carbocycles. The molecule has 2 aromatic carbocycles. The van der Waals surface area contributed by atoms with E-state index in [-0.39, 0.29) is 5.56 Å². The van der Waals surface area contributed by atoms with Crippen LogP contribution in [0.15, 0.2) is 36.4 Å². The van der Waals surface area contributed by atoms with Gasteiger partial charge in [0.05, 0.1) is 21.3 Å². The van der Waals surface area contributed by atoms with E-state index in [0.29, 0.717) is 26.4 Å². The van der Waals surface area contributed by atoms with Crippen LogP contribution in [-0.2, 0) is 0 Å². The molecule has 6 heteroatoms. The highest BCUT2D eigenvalue weighted by Crippen LogP contribution is 2.27. The molecule has 98 valence electrons. The van der Waals surface area contributed by atoms with Crippen molar-refractivity contribution in [3.05, 3.63) is 57.0 Å². The summed E-state index contributed by atoms with van der Waals surface area (Å²) in [7, 11) is 0. The number of hydrogen-bond donors (Lipinski definition) is 2. The molecule has 2 rings (SSSR count). The number of rotatable bonds is 2. The highest BCUT2D eigenvalue weighted by Gasteiger charge is 2.12. The van der Waals surface area contributed by atoms with E-state index in [2.05, 4.69) is 5.32 Å². The summed E-state index contributed by atoms with van der Waals surface area (Å²) < 4.78 is 0. The highest BCUT2D eigenvalue weighted by molar-refractivity contribution is 6.37. The molecule has 2 aromatic rings. The second-order valence-electron chi connectivity index (χ2n) is 3.82. The van der Waals surface area contributed by atoms with Gasteiger partial charge in [-0.25, -0.2) is 0 Å². The number of halogens is 3. The van der Waals surface area contributed by atoms with Crippen LogP contribution in [0.25, 0.3) is 0 Å². The maximum absolute atomic E-state index is 12.1. The van der Waals surface area contributed by atoms with Crippen LogP contribution >= 0.6 is 34.8 Å². The van der Waals surface area contributed by atoms with Gasteiger partial charge in [-0.05, 0) is 36.4 Å². The van der Waals surface area contributed by atoms with Crippen molar-refractivity contribution in [2.45, 2.75) is 0 Å². The zero-order chi connectivity index (χ0) is 14.0. The Morgan fingerprint density at radius 2 is 1.68 bits per heavy atom. The molecule has 3 N–H and O–H groups in total. The predicted molar refractivity (Wildman–Crippen MR) is 80.3 cm³/mol. The van der Waals surface area contributed by atoms with Crippen LogP contribution in [-0.4, -0.2) is 5.91 Å². The van der Waals surface area contributed by atoms with Gasteiger partial charge in [0.2, 0.25) is 0 Å². The van der Waals surface area contributed by atoms with Crippen molar-refractivity contribution in [2.75, 3.05) is 11.1 Å². The van der Waals surface area contributed by atoms with Gasteiger partial charge in [0.1, 0.15) is 0 Å². The molecule has 0 aliphatic rings. The van der Waals surface area contributed by atoms with Gasteiger partial charge < -0.3 is 11.1 Å². The summed E-state index contributed by atoms with van der Waals surface area (Å²) in [6.45, 7) is 0. The number of anilines is 2. The zero-order valence-corrected chi connectivity index (χ0v) is 11.9. The summed E-state index contributed by atoms with van der Waals surface area (Å²) in [5.41, 5.74) is 6.77. The lowest BCUT2D eigenvalue weighted by atomic mass is 10.2. The van der Waals surface area contributed by atoms with E-state index < -0.39 is 5.91 Å². The average Bonchev–Trinajstić information content (AvgIpc) is 2.36. The molecular formula is C13H9Cl3N2O. The van der Waals surface area contributed by atoms with Gasteiger partial charge in [-0.15, -0.1) is 0 Å². The van der Waals surface area contributed by atoms with Gasteiger partial charge >= 0.3 is 0 Å². The minimum atomic E-state index is -0.401. The smallest absolute Gasteiger partial charge is 0.257 e. The average molecular weight is 316 g/mol. The summed E-state index contributed by atoms with van der Waals surface area (Å²) in [5.74, 6) is -0.401. The van der Waals surface area contributed by atoms with E-state index in [1.54, 1.807) is 30.3 Å². The first-order chi connectivity index (χ1) is 8.97. The third-order valence-electron chi connectivity index (χ3n) is 2.41. The molecule has 0 heterocycles. The Morgan fingerprint density at radius 1 is 1.00 bits per heavy atom. The molecule has 0 spiro atoms. The van der Waals surface area contributed by atoms with Gasteiger partial charge in [-0.2, -0.15) is 0 Å². The summed E-state index contributed by atoms with van der Waals surface area (Å²) in [4.78, 5) is 12.1. The van der Waals surface area contributed by atoms with Gasteiger partial charge in [0.25, 0.3) is 5.91 Å². The molecule has 0 atom stereocenters. The zero-order valence-electron chi connectivity index (χ0n) is 9.58. The molecule has 0 unspecified atom stereocenters. The van der Waals surface area contributed by atoms with Gasteiger partial charge in [0, 0.05) is 10.7 Å². The van der Waals surface area contributed by atoms with Crippen LogP contribution in [0.4, 0.5) is 11.4 Å². The van der Waals surface area contributed by atoms with Gasteiger partial charge in [-0.3, -0.25) is 4.79 Å². The van der Waals surface area contributed by atoms with Crippen LogP contribution < -0.4 is 11.1 Å². The molecule has 0 saturated heterocycles. The topological polar surface area (TPSA) is 55.1 Å². The fourth-order valence-corrected chi connectivity index (χ4v) is 2.04. The Hall–Kier alpha value is -1.42. The maximum atomic E-state index is 12.1. The van der Waals surface area contributed by atoms with Crippen LogP contribution in [0.1, 0.15) is 10.4 Å². The Balaban J connectivity index is 2.30. The summed E-state index contributed by atoms with van der Waals surface area (Å²) in [6.07, 6.45) is 0. The third-order valence-corrected chi connectivity index (χ3v) is 3.31. The number of amides is 1. The Morgan fingerprint density at radius 3 is 2.42 bits per heavy atom. The van der Waals surface area contributed by atoms with Crippen molar-refractivity contribution in [3.8, 4) is 0 Å². The van der Waals surface area contributed by atoms with Crippen LogP contribution in [0.3, 0.4) is 0 Å². The number of carbonyl (C=O) groups excluding carboxylic acids is 1. The fourth-order valence-electron chi connectivity index (χ4n) is 1.50. The molecular weight excluding hydrogens is 307 g/mol. The van der Waals surface area contributed by atoms with Crippen molar-refractivity contribution >= 4 is 52.1 Å². The number of hydrogen-bond acceptors (Lipinski definition) is 2. The quantitative estimate of drug-likeness (QED) is 0.803. The number of nitrogens with two attached hydrogens (primary N) is 1. The summed E-state index contributed by atoms with van der Waals surface area (Å²) in [6, 6.07) is 9.46. The number of nitrogens with one attached hydrogen (secondary N) is 1. The van der Waals surface area contributed by atoms with Gasteiger partial charge in [0.15, 0.2) is 0 Å². The second-order valence-corrected chi connectivity index (χ2v) is 5.07. The van der Waals surface area contributed by atoms with Crippen molar-refractivity contribution in [3.63, 3.8) is 0 Å². The third kappa shape index (κ3) is 3.32. The van der Waals surface area contributed by atoms with Crippen molar-refractivity contribution in [1.29, 1.82) is 0 Å². The lowest BCUT2D eigenvalue weighted by Crippen LogP contribution is -2.13. The fraction of sp³-hybridized carbons (Fsp3) is 0. The largest absolute Gasteiger partial charge is 0.399 e. The predicted octanol–water partition coefficient (Wildman–Crippen LogP) is 4.48. The molecule has 19 heavy (non-hydrogen) atoms. The second kappa shape index (κ2) is 5.70. The first-order valence-electron chi connectivity index (χ1n) is 5.29. The van der Waals surface area contributed by atoms with Crippen LogP contribution in [0, 0.1) is 0 Å². The first-order valence-corrected chi connectivity index (χ1v) is 6.42. The first kappa shape index (κ1) is 14.0.